The summed E-state index contributed by atoms with van der Waals surface area (Å²) in [5, 5.41) is 6.29. The number of hydrogen-bond acceptors (Lipinski definition) is 4. The van der Waals surface area contributed by atoms with E-state index < -0.39 is 6.61 Å². The van der Waals surface area contributed by atoms with Crippen LogP contribution in [0.2, 0.25) is 0 Å². The van der Waals surface area contributed by atoms with Crippen LogP contribution in [0.15, 0.2) is 47.5 Å². The quantitative estimate of drug-likeness (QED) is 0.574. The van der Waals surface area contributed by atoms with E-state index in [9.17, 15) is 8.78 Å². The molecule has 6 nitrogen and oxygen atoms in total. The Morgan fingerprint density at radius 2 is 1.96 bits per heavy atom. The van der Waals surface area contributed by atoms with Crippen molar-refractivity contribution in [2.24, 2.45) is 4.99 Å². The number of guanidine groups is 1. The van der Waals surface area contributed by atoms with Crippen LogP contribution in [0.3, 0.4) is 0 Å². The summed E-state index contributed by atoms with van der Waals surface area (Å²) in [4.78, 5) is 4.14. The van der Waals surface area contributed by atoms with E-state index in [2.05, 4.69) is 20.4 Å². The van der Waals surface area contributed by atoms with Gasteiger partial charge in [-0.2, -0.15) is 8.78 Å². The van der Waals surface area contributed by atoms with Gasteiger partial charge >= 0.3 is 6.61 Å². The lowest BCUT2D eigenvalue weighted by atomic mass is 10.1. The molecule has 0 saturated heterocycles. The minimum atomic E-state index is -2.86. The molecular weight excluding hydrogens is 356 g/mol. The highest BCUT2D eigenvalue weighted by Crippen LogP contribution is 2.32. The molecule has 0 aliphatic carbocycles. The van der Waals surface area contributed by atoms with Gasteiger partial charge in [0.25, 0.3) is 0 Å². The highest BCUT2D eigenvalue weighted by atomic mass is 19.3. The van der Waals surface area contributed by atoms with Gasteiger partial charge < -0.3 is 24.8 Å². The molecule has 0 aromatic heterocycles. The molecule has 1 aliphatic heterocycles. The van der Waals surface area contributed by atoms with Crippen molar-refractivity contribution in [3.05, 3.63) is 53.6 Å². The Morgan fingerprint density at radius 3 is 2.78 bits per heavy atom. The fraction of sp³-hybridized carbons (Fsp3) is 0.316. The zero-order valence-corrected chi connectivity index (χ0v) is 14.9. The second kappa shape index (κ2) is 9.07. The Morgan fingerprint density at radius 1 is 1.15 bits per heavy atom. The van der Waals surface area contributed by atoms with Crippen molar-refractivity contribution >= 4 is 5.96 Å². The van der Waals surface area contributed by atoms with Gasteiger partial charge in [-0.25, -0.2) is 0 Å². The van der Waals surface area contributed by atoms with Crippen LogP contribution in [0, 0.1) is 0 Å². The zero-order chi connectivity index (χ0) is 19.1. The molecular formula is C19H21F2N3O3. The number of hydrogen-bond donors (Lipinski definition) is 2. The molecule has 0 fully saturated rings. The molecule has 2 N–H and O–H groups in total. The fourth-order valence-electron chi connectivity index (χ4n) is 2.68. The third kappa shape index (κ3) is 5.22. The zero-order valence-electron chi connectivity index (χ0n) is 14.9. The highest BCUT2D eigenvalue weighted by molar-refractivity contribution is 5.79. The summed E-state index contributed by atoms with van der Waals surface area (Å²) in [5.41, 5.74) is 1.73. The minimum absolute atomic E-state index is 0.149. The molecule has 0 amide bonds. The molecule has 3 rings (SSSR count). The van der Waals surface area contributed by atoms with Crippen LogP contribution < -0.4 is 24.8 Å². The van der Waals surface area contributed by atoms with Gasteiger partial charge in [0, 0.05) is 25.7 Å². The minimum Gasteiger partial charge on any atom is -0.454 e. The molecule has 0 unspecified atom stereocenters. The second-order valence-electron chi connectivity index (χ2n) is 5.78. The Balaban J connectivity index is 1.49. The van der Waals surface area contributed by atoms with Crippen LogP contribution in [0.4, 0.5) is 8.78 Å². The number of benzene rings is 2. The molecule has 0 bridgehead atoms. The molecule has 0 saturated carbocycles. The van der Waals surface area contributed by atoms with Crippen LogP contribution in [0.5, 0.6) is 17.2 Å². The topological polar surface area (TPSA) is 64.1 Å². The second-order valence-corrected chi connectivity index (χ2v) is 5.78. The van der Waals surface area contributed by atoms with Crippen LogP contribution in [-0.4, -0.2) is 33.0 Å². The van der Waals surface area contributed by atoms with Gasteiger partial charge in [-0.15, -0.1) is 0 Å². The summed E-state index contributed by atoms with van der Waals surface area (Å²) < 4.78 is 40.2. The number of aliphatic imine (C=N–C) groups is 1. The number of nitrogens with one attached hydrogen (secondary N) is 2. The van der Waals surface area contributed by atoms with Gasteiger partial charge in [0.05, 0.1) is 0 Å². The number of para-hydroxylation sites is 1. The molecule has 27 heavy (non-hydrogen) atoms. The average molecular weight is 377 g/mol. The Kier molecular flexibility index (Phi) is 6.30. The molecule has 0 radical (unpaired) electrons. The van der Waals surface area contributed by atoms with Gasteiger partial charge in [-0.3, -0.25) is 4.99 Å². The molecule has 0 spiro atoms. The standard InChI is InChI=1S/C19H21F2N3O3/c1-22-19(24-11-14-4-2-3-5-15(14)27-18(20)21)23-9-8-13-6-7-16-17(10-13)26-12-25-16/h2-7,10,18H,8-9,11-12H2,1H3,(H2,22,23,24). The number of halogens is 2. The van der Waals surface area contributed by atoms with E-state index in [1.165, 1.54) is 6.07 Å². The molecule has 2 aromatic rings. The summed E-state index contributed by atoms with van der Waals surface area (Å²) in [6.07, 6.45) is 0.766. The van der Waals surface area contributed by atoms with Crippen molar-refractivity contribution < 1.29 is 23.0 Å². The van der Waals surface area contributed by atoms with Gasteiger partial charge in [0.15, 0.2) is 17.5 Å². The maximum Gasteiger partial charge on any atom is 0.387 e. The van der Waals surface area contributed by atoms with Crippen LogP contribution in [-0.2, 0) is 13.0 Å². The van der Waals surface area contributed by atoms with Gasteiger partial charge in [-0.1, -0.05) is 24.3 Å². The van der Waals surface area contributed by atoms with Crippen molar-refractivity contribution in [1.82, 2.24) is 10.6 Å². The van der Waals surface area contributed by atoms with Crippen molar-refractivity contribution in [2.75, 3.05) is 20.4 Å². The first-order valence-electron chi connectivity index (χ1n) is 8.51. The summed E-state index contributed by atoms with van der Waals surface area (Å²) in [6, 6.07) is 12.5. The molecule has 1 aliphatic rings. The van der Waals surface area contributed by atoms with E-state index >= 15 is 0 Å². The smallest absolute Gasteiger partial charge is 0.387 e. The van der Waals surface area contributed by atoms with E-state index in [0.717, 1.165) is 23.5 Å². The summed E-state index contributed by atoms with van der Waals surface area (Å²) in [7, 11) is 1.65. The lowest BCUT2D eigenvalue weighted by Gasteiger charge is -2.14. The molecule has 1 heterocycles. The Labute approximate surface area is 156 Å². The molecule has 144 valence electrons. The molecule has 2 aromatic carbocycles. The third-order valence-electron chi connectivity index (χ3n) is 4.00. The first kappa shape index (κ1) is 18.8. The predicted octanol–water partition coefficient (Wildman–Crippen LogP) is 2.92. The Bertz CT molecular complexity index is 800. The maximum absolute atomic E-state index is 12.5. The molecule has 0 atom stereocenters. The Hall–Kier alpha value is -3.03. The van der Waals surface area contributed by atoms with Crippen molar-refractivity contribution in [1.29, 1.82) is 0 Å². The van der Waals surface area contributed by atoms with Gasteiger partial charge in [0.1, 0.15) is 5.75 Å². The largest absolute Gasteiger partial charge is 0.454 e. The number of nitrogens with zero attached hydrogens (tertiary/aromatic N) is 1. The fourth-order valence-corrected chi connectivity index (χ4v) is 2.68. The van der Waals surface area contributed by atoms with Crippen LogP contribution in [0.25, 0.3) is 0 Å². The van der Waals surface area contributed by atoms with E-state index in [-0.39, 0.29) is 12.5 Å². The number of alkyl halides is 2. The first-order chi connectivity index (χ1) is 13.2. The number of ether oxygens (including phenoxy) is 3. The van der Waals surface area contributed by atoms with Gasteiger partial charge in [-0.05, 0) is 30.2 Å². The molecule has 8 heteroatoms. The van der Waals surface area contributed by atoms with Crippen LogP contribution in [0.1, 0.15) is 11.1 Å². The average Bonchev–Trinajstić information content (AvgIpc) is 3.13. The third-order valence-corrected chi connectivity index (χ3v) is 4.00. The van der Waals surface area contributed by atoms with Crippen molar-refractivity contribution in [3.63, 3.8) is 0 Å². The maximum atomic E-state index is 12.5. The van der Waals surface area contributed by atoms with Crippen molar-refractivity contribution in [3.8, 4) is 17.2 Å². The highest BCUT2D eigenvalue weighted by Gasteiger charge is 2.13. The van der Waals surface area contributed by atoms with E-state index in [1.54, 1.807) is 25.2 Å². The van der Waals surface area contributed by atoms with E-state index in [1.807, 2.05) is 18.2 Å². The monoisotopic (exact) mass is 377 g/mol. The lowest BCUT2D eigenvalue weighted by Crippen LogP contribution is -2.37. The van der Waals surface area contributed by atoms with Crippen LogP contribution >= 0.6 is 0 Å². The van der Waals surface area contributed by atoms with E-state index in [4.69, 9.17) is 9.47 Å². The SMILES string of the molecule is CN=C(NCCc1ccc2c(c1)OCO2)NCc1ccccc1OC(F)F. The summed E-state index contributed by atoms with van der Waals surface area (Å²) >= 11 is 0. The van der Waals surface area contributed by atoms with Gasteiger partial charge in [0.2, 0.25) is 6.79 Å². The number of rotatable bonds is 7. The first-order valence-corrected chi connectivity index (χ1v) is 8.51. The summed E-state index contributed by atoms with van der Waals surface area (Å²) in [5.74, 6) is 2.23. The van der Waals surface area contributed by atoms with Crippen molar-refractivity contribution in [2.45, 2.75) is 19.6 Å². The predicted molar refractivity (Wildman–Crippen MR) is 97.5 cm³/mol. The van der Waals surface area contributed by atoms with E-state index in [0.29, 0.717) is 24.6 Å². The lowest BCUT2D eigenvalue weighted by molar-refractivity contribution is -0.0504. The number of fused-ring (bicyclic) bond motifs is 1. The summed E-state index contributed by atoms with van der Waals surface area (Å²) in [6.45, 7) is -1.64. The normalized spacial score (nSPS) is 13.0.